The van der Waals surface area contributed by atoms with Gasteiger partial charge in [0.25, 0.3) is 5.91 Å². The Hall–Kier alpha value is -3.41. The zero-order valence-electron chi connectivity index (χ0n) is 16.8. The minimum absolute atomic E-state index is 0.0305. The molecule has 1 spiro atoms. The van der Waals surface area contributed by atoms with Crippen LogP contribution in [0, 0.1) is 0 Å². The Morgan fingerprint density at radius 3 is 2.67 bits per heavy atom. The summed E-state index contributed by atoms with van der Waals surface area (Å²) in [6, 6.07) is 19.0. The third-order valence-electron chi connectivity index (χ3n) is 6.23. The molecule has 6 heteroatoms. The van der Waals surface area contributed by atoms with E-state index in [9.17, 15) is 9.59 Å². The molecular weight excluding hydrogens is 378 g/mol. The summed E-state index contributed by atoms with van der Waals surface area (Å²) in [6.07, 6.45) is 3.23. The summed E-state index contributed by atoms with van der Waals surface area (Å²) in [6.45, 7) is 0. The largest absolute Gasteiger partial charge is 0.360 e. The van der Waals surface area contributed by atoms with Gasteiger partial charge in [-0.2, -0.15) is 0 Å². The van der Waals surface area contributed by atoms with E-state index in [4.69, 9.17) is 4.52 Å². The van der Waals surface area contributed by atoms with Crippen molar-refractivity contribution in [1.29, 1.82) is 0 Å². The lowest BCUT2D eigenvalue weighted by Crippen LogP contribution is -2.47. The van der Waals surface area contributed by atoms with Crippen molar-refractivity contribution >= 4 is 17.5 Å². The molecule has 30 heavy (non-hydrogen) atoms. The maximum atomic E-state index is 13.1. The van der Waals surface area contributed by atoms with Gasteiger partial charge in [-0.3, -0.25) is 9.59 Å². The average Bonchev–Trinajstić information content (AvgIpc) is 3.42. The SMILES string of the molecule is CN1C(=O)[C@@H](NC(=O)c2cc(Cc3ccccc3)on2)CC2(CC2)c2ccccc21. The van der Waals surface area contributed by atoms with Crippen LogP contribution in [0.15, 0.2) is 65.2 Å². The molecule has 2 aromatic carbocycles. The topological polar surface area (TPSA) is 75.4 Å². The van der Waals surface area contributed by atoms with E-state index in [1.807, 2.05) is 48.5 Å². The summed E-state index contributed by atoms with van der Waals surface area (Å²) >= 11 is 0. The van der Waals surface area contributed by atoms with Crippen LogP contribution in [-0.2, 0) is 16.6 Å². The highest BCUT2D eigenvalue weighted by Crippen LogP contribution is 2.55. The lowest BCUT2D eigenvalue weighted by molar-refractivity contribution is -0.120. The lowest BCUT2D eigenvalue weighted by Gasteiger charge is -2.21. The maximum Gasteiger partial charge on any atom is 0.274 e. The van der Waals surface area contributed by atoms with Crippen LogP contribution in [-0.4, -0.2) is 30.1 Å². The van der Waals surface area contributed by atoms with E-state index in [1.54, 1.807) is 18.0 Å². The number of hydrogen-bond acceptors (Lipinski definition) is 4. The van der Waals surface area contributed by atoms with Crippen LogP contribution in [0.4, 0.5) is 5.69 Å². The number of para-hydroxylation sites is 1. The number of amides is 2. The highest BCUT2D eigenvalue weighted by Gasteiger charge is 2.51. The van der Waals surface area contributed by atoms with E-state index in [1.165, 1.54) is 5.56 Å². The number of nitrogens with zero attached hydrogens (tertiary/aromatic N) is 2. The molecule has 0 unspecified atom stereocenters. The standard InChI is InChI=1S/C24H23N3O3/c1-27-21-10-6-5-9-18(21)24(11-12-24)15-20(23(27)29)25-22(28)19-14-17(30-26-19)13-16-7-3-2-4-8-16/h2-10,14,20H,11-13,15H2,1H3,(H,25,28)/t20-/m0/s1. The fourth-order valence-corrected chi connectivity index (χ4v) is 4.42. The molecular formula is C24H23N3O3. The quantitative estimate of drug-likeness (QED) is 0.726. The zero-order valence-corrected chi connectivity index (χ0v) is 16.8. The van der Waals surface area contributed by atoms with E-state index in [0.717, 1.165) is 24.1 Å². The fraction of sp³-hybridized carbons (Fsp3) is 0.292. The molecule has 1 aliphatic heterocycles. The van der Waals surface area contributed by atoms with Gasteiger partial charge >= 0.3 is 0 Å². The summed E-state index contributed by atoms with van der Waals surface area (Å²) in [5.74, 6) is 0.126. The number of carbonyl (C=O) groups is 2. The molecule has 0 saturated heterocycles. The smallest absolute Gasteiger partial charge is 0.274 e. The van der Waals surface area contributed by atoms with Gasteiger partial charge in [-0.15, -0.1) is 0 Å². The van der Waals surface area contributed by atoms with Crippen LogP contribution in [0.1, 0.15) is 46.6 Å². The van der Waals surface area contributed by atoms with Crippen LogP contribution < -0.4 is 10.2 Å². The van der Waals surface area contributed by atoms with Crippen molar-refractivity contribution in [3.05, 3.63) is 83.2 Å². The molecule has 1 saturated carbocycles. The molecule has 6 nitrogen and oxygen atoms in total. The number of aromatic nitrogens is 1. The van der Waals surface area contributed by atoms with Crippen molar-refractivity contribution in [3.63, 3.8) is 0 Å². The Kier molecular flexibility index (Phi) is 4.42. The molecule has 2 amide bonds. The van der Waals surface area contributed by atoms with Crippen molar-refractivity contribution in [2.24, 2.45) is 0 Å². The van der Waals surface area contributed by atoms with Crippen molar-refractivity contribution in [2.45, 2.75) is 37.1 Å². The predicted octanol–water partition coefficient (Wildman–Crippen LogP) is 3.46. The summed E-state index contributed by atoms with van der Waals surface area (Å²) in [7, 11) is 1.77. The second kappa shape index (κ2) is 7.13. The van der Waals surface area contributed by atoms with E-state index in [0.29, 0.717) is 18.6 Å². The van der Waals surface area contributed by atoms with E-state index in [-0.39, 0.29) is 22.9 Å². The average molecular weight is 401 g/mol. The van der Waals surface area contributed by atoms with Crippen molar-refractivity contribution < 1.29 is 14.1 Å². The van der Waals surface area contributed by atoms with Gasteiger partial charge in [0.05, 0.1) is 0 Å². The second-order valence-corrected chi connectivity index (χ2v) is 8.27. The normalized spacial score (nSPS) is 19.3. The number of nitrogens with one attached hydrogen (secondary N) is 1. The molecule has 1 N–H and O–H groups in total. The number of hydrogen-bond donors (Lipinski definition) is 1. The highest BCUT2D eigenvalue weighted by molar-refractivity contribution is 6.02. The van der Waals surface area contributed by atoms with Gasteiger partial charge in [-0.1, -0.05) is 53.7 Å². The van der Waals surface area contributed by atoms with Crippen molar-refractivity contribution in [1.82, 2.24) is 10.5 Å². The van der Waals surface area contributed by atoms with Crippen LogP contribution in [0.5, 0.6) is 0 Å². The summed E-state index contributed by atoms with van der Waals surface area (Å²) in [5.41, 5.74) is 3.38. The van der Waals surface area contributed by atoms with Crippen LogP contribution in [0.2, 0.25) is 0 Å². The third kappa shape index (κ3) is 3.28. The van der Waals surface area contributed by atoms with Gasteiger partial charge < -0.3 is 14.7 Å². The van der Waals surface area contributed by atoms with Crippen molar-refractivity contribution in [2.75, 3.05) is 11.9 Å². The van der Waals surface area contributed by atoms with Gasteiger partial charge in [-0.05, 0) is 41.9 Å². The molecule has 3 aromatic rings. The molecule has 152 valence electrons. The van der Waals surface area contributed by atoms with E-state index in [2.05, 4.69) is 16.5 Å². The maximum absolute atomic E-state index is 13.1. The molecule has 5 rings (SSSR count). The molecule has 2 aliphatic rings. The number of likely N-dealkylation sites (N-methyl/N-ethyl adjacent to an activating group) is 1. The molecule has 0 radical (unpaired) electrons. The molecule has 0 bridgehead atoms. The third-order valence-corrected chi connectivity index (χ3v) is 6.23. The van der Waals surface area contributed by atoms with E-state index >= 15 is 0 Å². The van der Waals surface area contributed by atoms with Crippen LogP contribution in [0.3, 0.4) is 0 Å². The fourth-order valence-electron chi connectivity index (χ4n) is 4.42. The Labute approximate surface area is 174 Å². The second-order valence-electron chi connectivity index (χ2n) is 8.27. The first-order chi connectivity index (χ1) is 14.6. The van der Waals surface area contributed by atoms with Gasteiger partial charge in [0, 0.05) is 25.2 Å². The van der Waals surface area contributed by atoms with E-state index < -0.39 is 6.04 Å². The van der Waals surface area contributed by atoms with Gasteiger partial charge in [0.15, 0.2) is 5.69 Å². The summed E-state index contributed by atoms with van der Waals surface area (Å²) < 4.78 is 5.35. The number of anilines is 1. The number of fused-ring (bicyclic) bond motifs is 2. The minimum Gasteiger partial charge on any atom is -0.360 e. The molecule has 1 fully saturated rings. The molecule has 1 atom stereocenters. The Balaban J connectivity index is 1.34. The first kappa shape index (κ1) is 18.6. The number of rotatable bonds is 4. The van der Waals surface area contributed by atoms with Crippen molar-refractivity contribution in [3.8, 4) is 0 Å². The summed E-state index contributed by atoms with van der Waals surface area (Å²) in [4.78, 5) is 27.6. The lowest BCUT2D eigenvalue weighted by atomic mass is 9.89. The van der Waals surface area contributed by atoms with Gasteiger partial charge in [0.1, 0.15) is 11.8 Å². The number of carbonyl (C=O) groups excluding carboxylic acids is 2. The minimum atomic E-state index is -0.591. The predicted molar refractivity (Wildman–Crippen MR) is 112 cm³/mol. The monoisotopic (exact) mass is 401 g/mol. The number of benzene rings is 2. The Morgan fingerprint density at radius 2 is 1.90 bits per heavy atom. The van der Waals surface area contributed by atoms with Gasteiger partial charge in [0.2, 0.25) is 5.91 Å². The molecule has 1 aliphatic carbocycles. The van der Waals surface area contributed by atoms with Gasteiger partial charge in [-0.25, -0.2) is 0 Å². The zero-order chi connectivity index (χ0) is 20.7. The van der Waals surface area contributed by atoms with Crippen LogP contribution in [0.25, 0.3) is 0 Å². The first-order valence-electron chi connectivity index (χ1n) is 10.2. The Bertz CT molecular complexity index is 1100. The molecule has 2 heterocycles. The van der Waals surface area contributed by atoms with Crippen LogP contribution >= 0.6 is 0 Å². The molecule has 1 aromatic heterocycles. The Morgan fingerprint density at radius 1 is 1.17 bits per heavy atom. The summed E-state index contributed by atoms with van der Waals surface area (Å²) in [5, 5.41) is 6.84. The highest BCUT2D eigenvalue weighted by atomic mass is 16.5. The first-order valence-corrected chi connectivity index (χ1v) is 10.2.